The van der Waals surface area contributed by atoms with Gasteiger partial charge in [0.15, 0.2) is 11.6 Å². The summed E-state index contributed by atoms with van der Waals surface area (Å²) in [6.45, 7) is 2.98. The topological polar surface area (TPSA) is 150 Å². The molecule has 1 aromatic heterocycles. The number of aliphatic hydroxyl groups is 1. The Bertz CT molecular complexity index is 1110. The molecule has 186 valence electrons. The van der Waals surface area contributed by atoms with Gasteiger partial charge in [-0.15, -0.1) is 0 Å². The molecule has 0 unspecified atom stereocenters. The second-order valence-electron chi connectivity index (χ2n) is 6.97. The zero-order valence-corrected chi connectivity index (χ0v) is 19.8. The molecule has 35 heavy (non-hydrogen) atoms. The number of aliphatic imine (C=N–C) groups is 1. The Balaban J connectivity index is 0.00000210. The number of carbonyl (C=O) groups is 1. The van der Waals surface area contributed by atoms with Crippen LogP contribution < -0.4 is 27.0 Å². The molecule has 0 radical (unpaired) electrons. The third kappa shape index (κ3) is 9.35. The van der Waals surface area contributed by atoms with Gasteiger partial charge in [0.1, 0.15) is 0 Å². The third-order valence-electron chi connectivity index (χ3n) is 4.29. The number of benzene rings is 2. The number of rotatable bonds is 11. The predicted octanol–water partition coefficient (Wildman–Crippen LogP) is 3.31. The van der Waals surface area contributed by atoms with Crippen molar-refractivity contribution in [2.24, 2.45) is 10.7 Å². The Morgan fingerprint density at radius 1 is 1.09 bits per heavy atom. The van der Waals surface area contributed by atoms with Crippen molar-refractivity contribution in [2.75, 3.05) is 42.7 Å². The van der Waals surface area contributed by atoms with Gasteiger partial charge in [-0.05, 0) is 49.9 Å². The molecular formula is C24H31FN8O2. The predicted molar refractivity (Wildman–Crippen MR) is 139 cm³/mol. The van der Waals surface area contributed by atoms with E-state index < -0.39 is 5.82 Å². The molecule has 2 aromatic carbocycles. The van der Waals surface area contributed by atoms with Gasteiger partial charge in [-0.25, -0.2) is 9.37 Å². The smallest absolute Gasteiger partial charge is 0.262 e. The second kappa shape index (κ2) is 14.9. The lowest BCUT2D eigenvalue weighted by Crippen LogP contribution is -2.24. The van der Waals surface area contributed by atoms with Crippen molar-refractivity contribution in [2.45, 2.75) is 13.3 Å². The Labute approximate surface area is 203 Å². The molecule has 0 fully saturated rings. The van der Waals surface area contributed by atoms with E-state index in [4.69, 9.17) is 5.11 Å². The molecule has 3 rings (SSSR count). The normalized spacial score (nSPS) is 10.3. The maximum atomic E-state index is 14.3. The van der Waals surface area contributed by atoms with Gasteiger partial charge in [0.2, 0.25) is 5.95 Å². The number of hydrogen-bond donors (Lipinski definition) is 6. The molecule has 3 aromatic rings. The first-order chi connectivity index (χ1) is 17.1. The minimum Gasteiger partial charge on any atom is -0.395 e. The van der Waals surface area contributed by atoms with Crippen molar-refractivity contribution in [3.8, 4) is 0 Å². The van der Waals surface area contributed by atoms with Crippen molar-refractivity contribution in [1.82, 2.24) is 15.3 Å². The molecule has 1 heterocycles. The summed E-state index contributed by atoms with van der Waals surface area (Å²) in [5.74, 6) is -0.669. The molecule has 7 N–H and O–H groups in total. The van der Waals surface area contributed by atoms with E-state index in [1.165, 1.54) is 13.3 Å². The van der Waals surface area contributed by atoms with Crippen LogP contribution >= 0.6 is 0 Å². The van der Waals surface area contributed by atoms with Gasteiger partial charge in [0.05, 0.1) is 24.7 Å². The van der Waals surface area contributed by atoms with Crippen LogP contribution in [0.3, 0.4) is 0 Å². The number of halogens is 1. The highest BCUT2D eigenvalue weighted by atomic mass is 19.1. The van der Waals surface area contributed by atoms with Crippen molar-refractivity contribution >= 4 is 46.6 Å². The van der Waals surface area contributed by atoms with Crippen LogP contribution in [-0.2, 0) is 4.79 Å². The fourth-order valence-electron chi connectivity index (χ4n) is 2.78. The number of nitrogens with one attached hydrogen (secondary N) is 4. The zero-order valence-electron chi connectivity index (χ0n) is 19.8. The first-order valence-corrected chi connectivity index (χ1v) is 11.1. The van der Waals surface area contributed by atoms with E-state index in [2.05, 4.69) is 42.0 Å². The highest BCUT2D eigenvalue weighted by Crippen LogP contribution is 2.24. The van der Waals surface area contributed by atoms with Gasteiger partial charge in [-0.3, -0.25) is 9.79 Å². The first kappa shape index (κ1) is 27.2. The van der Waals surface area contributed by atoms with E-state index in [0.29, 0.717) is 30.2 Å². The number of aliphatic hydroxyl groups excluding tert-OH is 1. The summed E-state index contributed by atoms with van der Waals surface area (Å²) in [6, 6.07) is 14.2. The van der Waals surface area contributed by atoms with Crippen LogP contribution in [-0.4, -0.2) is 53.9 Å². The lowest BCUT2D eigenvalue weighted by atomic mass is 10.2. The molecule has 1 amide bonds. The van der Waals surface area contributed by atoms with E-state index >= 15 is 0 Å². The average molecular weight is 483 g/mol. The van der Waals surface area contributed by atoms with Crippen LogP contribution in [0, 0.1) is 5.82 Å². The van der Waals surface area contributed by atoms with Crippen molar-refractivity contribution in [1.29, 1.82) is 0 Å². The van der Waals surface area contributed by atoms with Gasteiger partial charge >= 0.3 is 0 Å². The quantitative estimate of drug-likeness (QED) is 0.228. The molecule has 0 aliphatic heterocycles. The van der Waals surface area contributed by atoms with E-state index in [1.807, 2.05) is 13.0 Å². The lowest BCUT2D eigenvalue weighted by Gasteiger charge is -2.11. The summed E-state index contributed by atoms with van der Waals surface area (Å²) >= 11 is 0. The largest absolute Gasteiger partial charge is 0.395 e. The van der Waals surface area contributed by atoms with Gasteiger partial charge < -0.3 is 32.1 Å². The Morgan fingerprint density at radius 2 is 1.80 bits per heavy atom. The van der Waals surface area contributed by atoms with Crippen LogP contribution in [0.5, 0.6) is 0 Å². The summed E-state index contributed by atoms with van der Waals surface area (Å²) in [5, 5.41) is 20.7. The fraction of sp³-hybridized carbons (Fsp3) is 0.250. The molecule has 10 nitrogen and oxygen atoms in total. The molecule has 0 saturated heterocycles. The zero-order chi connectivity index (χ0) is 25.5. The number of anilines is 5. The maximum absolute atomic E-state index is 14.3. The number of nitrogens with two attached hydrogens (primary N) is 1. The van der Waals surface area contributed by atoms with E-state index in [0.717, 1.165) is 18.3 Å². The minimum absolute atomic E-state index is 0.00574. The van der Waals surface area contributed by atoms with E-state index in [9.17, 15) is 9.18 Å². The third-order valence-corrected chi connectivity index (χ3v) is 4.29. The number of carbonyl (C=O) groups excluding carboxylic acids is 1. The summed E-state index contributed by atoms with van der Waals surface area (Å²) < 4.78 is 14.3. The maximum Gasteiger partial charge on any atom is 0.262 e. The van der Waals surface area contributed by atoms with Crippen LogP contribution in [0.25, 0.3) is 0 Å². The van der Waals surface area contributed by atoms with Crippen LogP contribution in [0.2, 0.25) is 0 Å². The number of aromatic nitrogens is 2. The molecule has 0 atom stereocenters. The lowest BCUT2D eigenvalue weighted by molar-refractivity contribution is -0.114. The highest BCUT2D eigenvalue weighted by molar-refractivity contribution is 6.26. The summed E-state index contributed by atoms with van der Waals surface area (Å²) in [7, 11) is 1.50. The summed E-state index contributed by atoms with van der Waals surface area (Å²) in [6.07, 6.45) is 3.15. The standard InChI is InChI=1S/C23H26FN7O2.CH5N/c1-2-9-26-21(33)15-27-17-6-4-8-19(13-17)30-23-28-14-20(24)22(31-23)29-18-7-3-5-16(12-18)25-10-11-32;1-2/h3-8,12-15,25,32H,2,9-11H2,1H3,(H,26,33)(H2,28,29,30,31);2H2,1H3. The summed E-state index contributed by atoms with van der Waals surface area (Å²) in [5.41, 5.74) is 7.10. The number of nitrogens with zero attached hydrogens (tertiary/aromatic N) is 3. The number of hydrogen-bond acceptors (Lipinski definition) is 9. The van der Waals surface area contributed by atoms with Crippen molar-refractivity contribution in [3.63, 3.8) is 0 Å². The van der Waals surface area contributed by atoms with Gasteiger partial charge in [0.25, 0.3) is 5.91 Å². The molecular weight excluding hydrogens is 451 g/mol. The molecule has 0 bridgehead atoms. The Morgan fingerprint density at radius 3 is 2.54 bits per heavy atom. The second-order valence-corrected chi connectivity index (χ2v) is 6.97. The molecule has 0 spiro atoms. The van der Waals surface area contributed by atoms with Crippen LogP contribution in [0.4, 0.5) is 38.9 Å². The van der Waals surface area contributed by atoms with Crippen LogP contribution in [0.15, 0.2) is 59.7 Å². The Hall–Kier alpha value is -4.09. The minimum atomic E-state index is -0.606. The molecule has 0 aliphatic rings. The molecule has 0 saturated carbocycles. The van der Waals surface area contributed by atoms with Gasteiger partial charge in [0, 0.05) is 30.2 Å². The molecule has 0 aliphatic carbocycles. The van der Waals surface area contributed by atoms with E-state index in [-0.39, 0.29) is 24.3 Å². The van der Waals surface area contributed by atoms with Crippen molar-refractivity contribution < 1.29 is 14.3 Å². The van der Waals surface area contributed by atoms with Gasteiger partial charge in [-0.1, -0.05) is 19.1 Å². The fourth-order valence-corrected chi connectivity index (χ4v) is 2.78. The summed E-state index contributed by atoms with van der Waals surface area (Å²) in [4.78, 5) is 24.1. The molecule has 11 heteroatoms. The average Bonchev–Trinajstić information content (AvgIpc) is 2.88. The van der Waals surface area contributed by atoms with Crippen LogP contribution in [0.1, 0.15) is 13.3 Å². The monoisotopic (exact) mass is 482 g/mol. The number of amides is 1. The van der Waals surface area contributed by atoms with Gasteiger partial charge in [-0.2, -0.15) is 4.98 Å². The van der Waals surface area contributed by atoms with E-state index in [1.54, 1.807) is 42.5 Å². The first-order valence-electron chi connectivity index (χ1n) is 11.1. The Kier molecular flexibility index (Phi) is 11.6. The van der Waals surface area contributed by atoms with Crippen molar-refractivity contribution in [3.05, 3.63) is 60.5 Å². The highest BCUT2D eigenvalue weighted by Gasteiger charge is 2.09. The SMILES string of the molecule is CCCNC(=O)C=Nc1cccc(Nc2ncc(F)c(Nc3cccc(NCCO)c3)n2)c1.CN.